The molecule has 1 aromatic carbocycles. The first kappa shape index (κ1) is 15.6. The molecule has 0 aromatic heterocycles. The summed E-state index contributed by atoms with van der Waals surface area (Å²) in [6.45, 7) is 9.33. The molecule has 112 valence electrons. The van der Waals surface area contributed by atoms with Gasteiger partial charge in [0.05, 0.1) is 13.2 Å². The molecule has 20 heavy (non-hydrogen) atoms. The highest BCUT2D eigenvalue weighted by molar-refractivity contribution is 6.31. The van der Waals surface area contributed by atoms with Crippen LogP contribution in [0.5, 0.6) is 5.75 Å². The Labute approximate surface area is 126 Å². The second-order valence-corrected chi connectivity index (χ2v) is 5.37. The number of aryl methyl sites for hydroxylation is 1. The van der Waals surface area contributed by atoms with Crippen molar-refractivity contribution in [3.8, 4) is 5.75 Å². The Morgan fingerprint density at radius 2 is 2.00 bits per heavy atom. The van der Waals surface area contributed by atoms with E-state index in [9.17, 15) is 0 Å². The van der Waals surface area contributed by atoms with E-state index < -0.39 is 0 Å². The fourth-order valence-corrected chi connectivity index (χ4v) is 2.27. The van der Waals surface area contributed by atoms with Crippen molar-refractivity contribution in [1.29, 1.82) is 0 Å². The van der Waals surface area contributed by atoms with Gasteiger partial charge >= 0.3 is 0 Å². The summed E-state index contributed by atoms with van der Waals surface area (Å²) in [7, 11) is 0. The van der Waals surface area contributed by atoms with Crippen LogP contribution in [-0.4, -0.2) is 57.4 Å². The number of benzene rings is 1. The maximum atomic E-state index is 5.97. The lowest BCUT2D eigenvalue weighted by Crippen LogP contribution is -2.44. The first-order valence-corrected chi connectivity index (χ1v) is 7.53. The van der Waals surface area contributed by atoms with E-state index >= 15 is 0 Å². The number of rotatable bonds is 7. The zero-order valence-corrected chi connectivity index (χ0v) is 12.8. The van der Waals surface area contributed by atoms with Gasteiger partial charge in [-0.25, -0.2) is 0 Å². The molecule has 5 heteroatoms. The Morgan fingerprint density at radius 1 is 1.20 bits per heavy atom. The molecule has 1 heterocycles. The molecule has 0 spiro atoms. The van der Waals surface area contributed by atoms with Crippen molar-refractivity contribution < 1.29 is 9.47 Å². The van der Waals surface area contributed by atoms with Crippen LogP contribution in [0.15, 0.2) is 18.2 Å². The predicted molar refractivity (Wildman–Crippen MR) is 81.8 cm³/mol. The summed E-state index contributed by atoms with van der Waals surface area (Å²) in [6.07, 6.45) is 0. The Bertz CT molecular complexity index is 409. The molecule has 1 aliphatic heterocycles. The van der Waals surface area contributed by atoms with Crippen LogP contribution in [0.3, 0.4) is 0 Å². The molecule has 0 atom stereocenters. The SMILES string of the molecule is Cc1cc(OCCOCCN2CCNCC2)ccc1Cl. The van der Waals surface area contributed by atoms with Gasteiger partial charge in [0.1, 0.15) is 12.4 Å². The third-order valence-corrected chi connectivity index (χ3v) is 3.81. The molecule has 0 bridgehead atoms. The topological polar surface area (TPSA) is 33.7 Å². The van der Waals surface area contributed by atoms with Gasteiger partial charge in [-0.15, -0.1) is 0 Å². The number of nitrogens with one attached hydrogen (secondary N) is 1. The molecule has 1 saturated heterocycles. The molecule has 1 fully saturated rings. The molecule has 1 aromatic rings. The largest absolute Gasteiger partial charge is 0.491 e. The molecule has 0 unspecified atom stereocenters. The van der Waals surface area contributed by atoms with E-state index in [1.165, 1.54) is 0 Å². The van der Waals surface area contributed by atoms with Gasteiger partial charge in [-0.2, -0.15) is 0 Å². The van der Waals surface area contributed by atoms with E-state index in [2.05, 4.69) is 10.2 Å². The monoisotopic (exact) mass is 298 g/mol. The number of nitrogens with zero attached hydrogens (tertiary/aromatic N) is 1. The second kappa shape index (κ2) is 8.47. The third kappa shape index (κ3) is 5.29. The Hall–Kier alpha value is -0.810. The molecule has 4 nitrogen and oxygen atoms in total. The smallest absolute Gasteiger partial charge is 0.119 e. The van der Waals surface area contributed by atoms with Crippen LogP contribution in [0.1, 0.15) is 5.56 Å². The molecule has 0 saturated carbocycles. The average molecular weight is 299 g/mol. The predicted octanol–water partition coefficient (Wildman–Crippen LogP) is 1.95. The van der Waals surface area contributed by atoms with E-state index in [-0.39, 0.29) is 0 Å². The minimum absolute atomic E-state index is 0.572. The summed E-state index contributed by atoms with van der Waals surface area (Å²) in [6, 6.07) is 5.69. The molecular weight excluding hydrogens is 276 g/mol. The first-order chi connectivity index (χ1) is 9.75. The minimum Gasteiger partial charge on any atom is -0.491 e. The summed E-state index contributed by atoms with van der Waals surface area (Å²) >= 11 is 5.97. The highest BCUT2D eigenvalue weighted by atomic mass is 35.5. The maximum Gasteiger partial charge on any atom is 0.119 e. The van der Waals surface area contributed by atoms with Gasteiger partial charge in [0.2, 0.25) is 0 Å². The zero-order chi connectivity index (χ0) is 14.2. The maximum absolute atomic E-state index is 5.97. The van der Waals surface area contributed by atoms with Gasteiger partial charge in [0.15, 0.2) is 0 Å². The van der Waals surface area contributed by atoms with Gasteiger partial charge in [0.25, 0.3) is 0 Å². The van der Waals surface area contributed by atoms with Gasteiger partial charge in [-0.3, -0.25) is 4.90 Å². The van der Waals surface area contributed by atoms with Gasteiger partial charge in [0, 0.05) is 37.7 Å². The van der Waals surface area contributed by atoms with Crippen LogP contribution in [0.25, 0.3) is 0 Å². The number of halogens is 1. The van der Waals surface area contributed by atoms with Crippen LogP contribution in [-0.2, 0) is 4.74 Å². The summed E-state index contributed by atoms with van der Waals surface area (Å²) in [5.74, 6) is 0.845. The number of hydrogen-bond donors (Lipinski definition) is 1. The lowest BCUT2D eigenvalue weighted by Gasteiger charge is -2.26. The van der Waals surface area contributed by atoms with Gasteiger partial charge in [-0.05, 0) is 30.7 Å². The first-order valence-electron chi connectivity index (χ1n) is 7.15. The average Bonchev–Trinajstić information content (AvgIpc) is 2.47. The fourth-order valence-electron chi connectivity index (χ4n) is 2.16. The lowest BCUT2D eigenvalue weighted by molar-refractivity contribution is 0.0767. The van der Waals surface area contributed by atoms with Crippen molar-refractivity contribution in [3.05, 3.63) is 28.8 Å². The fraction of sp³-hybridized carbons (Fsp3) is 0.600. The van der Waals surface area contributed by atoms with Crippen LogP contribution in [0.2, 0.25) is 5.02 Å². The van der Waals surface area contributed by atoms with E-state index in [0.717, 1.165) is 55.7 Å². The van der Waals surface area contributed by atoms with Crippen molar-refractivity contribution in [2.45, 2.75) is 6.92 Å². The molecule has 0 aliphatic carbocycles. The zero-order valence-electron chi connectivity index (χ0n) is 12.0. The van der Waals surface area contributed by atoms with Crippen molar-refractivity contribution in [2.75, 3.05) is 52.5 Å². The molecular formula is C15H23ClN2O2. The minimum atomic E-state index is 0.572. The molecule has 1 aliphatic rings. The van der Waals surface area contributed by atoms with Crippen LogP contribution in [0.4, 0.5) is 0 Å². The van der Waals surface area contributed by atoms with Crippen LogP contribution < -0.4 is 10.1 Å². The van der Waals surface area contributed by atoms with E-state index in [0.29, 0.717) is 13.2 Å². The number of ether oxygens (including phenoxy) is 2. The summed E-state index contributed by atoms with van der Waals surface area (Å²) in [4.78, 5) is 2.42. The standard InChI is InChI=1S/C15H23ClN2O2/c1-13-12-14(2-3-15(13)16)20-11-10-19-9-8-18-6-4-17-5-7-18/h2-3,12,17H,4-11H2,1H3. The van der Waals surface area contributed by atoms with Gasteiger partial charge in [-0.1, -0.05) is 11.6 Å². The van der Waals surface area contributed by atoms with Gasteiger partial charge < -0.3 is 14.8 Å². The Kier molecular flexibility index (Phi) is 6.60. The molecule has 1 N–H and O–H groups in total. The second-order valence-electron chi connectivity index (χ2n) is 4.96. The molecule has 0 amide bonds. The van der Waals surface area contributed by atoms with E-state index in [1.807, 2.05) is 25.1 Å². The highest BCUT2D eigenvalue weighted by Crippen LogP contribution is 2.20. The summed E-state index contributed by atoms with van der Waals surface area (Å²) in [5, 5.41) is 4.11. The summed E-state index contributed by atoms with van der Waals surface area (Å²) < 4.78 is 11.2. The van der Waals surface area contributed by atoms with Crippen molar-refractivity contribution in [3.63, 3.8) is 0 Å². The molecule has 2 rings (SSSR count). The van der Waals surface area contributed by atoms with Crippen LogP contribution in [0, 0.1) is 6.92 Å². The quantitative estimate of drug-likeness (QED) is 0.780. The van der Waals surface area contributed by atoms with Crippen molar-refractivity contribution in [2.24, 2.45) is 0 Å². The Morgan fingerprint density at radius 3 is 2.75 bits per heavy atom. The third-order valence-electron chi connectivity index (χ3n) is 3.39. The van der Waals surface area contributed by atoms with Crippen molar-refractivity contribution >= 4 is 11.6 Å². The normalized spacial score (nSPS) is 16.3. The van der Waals surface area contributed by atoms with Crippen LogP contribution >= 0.6 is 11.6 Å². The van der Waals surface area contributed by atoms with Crippen molar-refractivity contribution in [1.82, 2.24) is 10.2 Å². The number of hydrogen-bond acceptors (Lipinski definition) is 4. The highest BCUT2D eigenvalue weighted by Gasteiger charge is 2.08. The summed E-state index contributed by atoms with van der Waals surface area (Å²) in [5.41, 5.74) is 1.03. The van der Waals surface area contributed by atoms with E-state index in [1.54, 1.807) is 0 Å². The Balaban J connectivity index is 1.53. The molecule has 0 radical (unpaired) electrons. The lowest BCUT2D eigenvalue weighted by atomic mass is 10.2. The number of piperazine rings is 1. The van der Waals surface area contributed by atoms with E-state index in [4.69, 9.17) is 21.1 Å².